The van der Waals surface area contributed by atoms with Crippen molar-refractivity contribution in [1.82, 2.24) is 24.8 Å². The van der Waals surface area contributed by atoms with Gasteiger partial charge in [-0.3, -0.25) is 9.69 Å². The number of aromatic nitrogens is 4. The largest absolute Gasteiger partial charge is 0.442 e. The molecule has 0 bridgehead atoms. The normalized spacial score (nSPS) is 15.0. The molecule has 1 aliphatic heterocycles. The lowest BCUT2D eigenvalue weighted by Gasteiger charge is -2.15. The predicted octanol–water partition coefficient (Wildman–Crippen LogP) is 3.92. The second kappa shape index (κ2) is 11.7. The van der Waals surface area contributed by atoms with Gasteiger partial charge in [0.25, 0.3) is 0 Å². The summed E-state index contributed by atoms with van der Waals surface area (Å²) < 4.78 is 22.4. The van der Waals surface area contributed by atoms with E-state index in [1.54, 1.807) is 30.2 Å². The molecule has 12 heteroatoms. The molecule has 1 saturated heterocycles. The van der Waals surface area contributed by atoms with Crippen LogP contribution >= 0.6 is 11.8 Å². The summed E-state index contributed by atoms with van der Waals surface area (Å²) in [6, 6.07) is 12.3. The van der Waals surface area contributed by atoms with Crippen molar-refractivity contribution in [2.24, 2.45) is 0 Å². The molecule has 202 valence electrons. The molecule has 2 N–H and O–H groups in total. The van der Waals surface area contributed by atoms with E-state index in [-0.39, 0.29) is 19.0 Å². The monoisotopic (exact) mass is 549 g/mol. The van der Waals surface area contributed by atoms with Gasteiger partial charge in [-0.15, -0.1) is 0 Å². The molecule has 2 aromatic carbocycles. The van der Waals surface area contributed by atoms with Crippen molar-refractivity contribution in [3.63, 3.8) is 0 Å². The number of fused-ring (bicyclic) bond motifs is 1. The zero-order valence-corrected chi connectivity index (χ0v) is 22.4. The molecule has 5 rings (SSSR count). The van der Waals surface area contributed by atoms with Gasteiger partial charge in [-0.2, -0.15) is 11.8 Å². The van der Waals surface area contributed by atoms with Gasteiger partial charge in [-0.1, -0.05) is 24.3 Å². The summed E-state index contributed by atoms with van der Waals surface area (Å²) in [4.78, 5) is 38.0. The Labute approximate surface area is 229 Å². The van der Waals surface area contributed by atoms with E-state index in [9.17, 15) is 9.59 Å². The van der Waals surface area contributed by atoms with E-state index in [1.807, 2.05) is 28.8 Å². The van der Waals surface area contributed by atoms with Crippen LogP contribution in [-0.2, 0) is 16.1 Å². The first-order valence-corrected chi connectivity index (χ1v) is 13.8. The van der Waals surface area contributed by atoms with Gasteiger partial charge in [0.15, 0.2) is 11.5 Å². The highest BCUT2D eigenvalue weighted by Gasteiger charge is 2.32. The third kappa shape index (κ3) is 5.95. The molecular formula is C27H28FN7O3S. The number of anilines is 2. The Kier molecular flexibility index (Phi) is 7.92. The summed E-state index contributed by atoms with van der Waals surface area (Å²) in [5.41, 5.74) is 4.01. The summed E-state index contributed by atoms with van der Waals surface area (Å²) in [7, 11) is 0. The highest BCUT2D eigenvalue weighted by atomic mass is 32.2. The van der Waals surface area contributed by atoms with Gasteiger partial charge in [-0.25, -0.2) is 24.1 Å². The molecule has 0 spiro atoms. The van der Waals surface area contributed by atoms with Crippen LogP contribution in [0.3, 0.4) is 0 Å². The summed E-state index contributed by atoms with van der Waals surface area (Å²) in [5, 5.41) is 5.93. The molecule has 39 heavy (non-hydrogen) atoms. The van der Waals surface area contributed by atoms with Gasteiger partial charge in [0.2, 0.25) is 5.91 Å². The molecule has 1 atom stereocenters. The fourth-order valence-electron chi connectivity index (χ4n) is 4.39. The Morgan fingerprint density at radius 2 is 2.00 bits per heavy atom. The molecule has 0 unspecified atom stereocenters. The van der Waals surface area contributed by atoms with Crippen LogP contribution in [0.15, 0.2) is 55.1 Å². The Bertz CT molecular complexity index is 1490. The number of nitrogens with one attached hydrogen (secondary N) is 2. The second-order valence-electron chi connectivity index (χ2n) is 9.10. The molecule has 10 nitrogen and oxygen atoms in total. The van der Waals surface area contributed by atoms with E-state index in [0.717, 1.165) is 29.0 Å². The molecular weight excluding hydrogens is 521 g/mol. The number of halogens is 1. The zero-order valence-electron chi connectivity index (χ0n) is 21.6. The second-order valence-corrected chi connectivity index (χ2v) is 10.1. The van der Waals surface area contributed by atoms with Crippen LogP contribution in [0.4, 0.5) is 20.7 Å². The summed E-state index contributed by atoms with van der Waals surface area (Å²) in [5.74, 6) is 1.03. The highest BCUT2D eigenvalue weighted by Crippen LogP contribution is 2.29. The molecule has 2 aromatic heterocycles. The van der Waals surface area contributed by atoms with Crippen LogP contribution in [0.25, 0.3) is 22.3 Å². The number of carbonyl (C=O) groups excluding carboxylic acids is 2. The number of ether oxygens (including phenoxy) is 1. The van der Waals surface area contributed by atoms with E-state index in [1.165, 1.54) is 24.2 Å². The minimum absolute atomic E-state index is 0.207. The minimum Gasteiger partial charge on any atom is -0.442 e. The Hall–Kier alpha value is -4.19. The Morgan fingerprint density at radius 3 is 2.74 bits per heavy atom. The van der Waals surface area contributed by atoms with E-state index < -0.39 is 18.0 Å². The number of thioether (sulfide) groups is 1. The molecule has 2 amide bonds. The van der Waals surface area contributed by atoms with Crippen molar-refractivity contribution in [2.75, 3.05) is 41.9 Å². The highest BCUT2D eigenvalue weighted by molar-refractivity contribution is 7.98. The first kappa shape index (κ1) is 26.4. The average molecular weight is 550 g/mol. The van der Waals surface area contributed by atoms with Gasteiger partial charge < -0.3 is 19.9 Å². The topological polar surface area (TPSA) is 114 Å². The summed E-state index contributed by atoms with van der Waals surface area (Å²) >= 11 is 1.76. The first-order valence-electron chi connectivity index (χ1n) is 12.4. The fraction of sp³-hybridized carbons (Fsp3) is 0.296. The molecule has 1 fully saturated rings. The van der Waals surface area contributed by atoms with Crippen molar-refractivity contribution in [2.45, 2.75) is 19.6 Å². The van der Waals surface area contributed by atoms with Crippen LogP contribution in [0, 0.1) is 5.82 Å². The van der Waals surface area contributed by atoms with E-state index in [0.29, 0.717) is 29.2 Å². The number of hydrogen-bond acceptors (Lipinski definition) is 8. The molecule has 0 radical (unpaired) electrons. The zero-order chi connectivity index (χ0) is 27.4. The lowest BCUT2D eigenvalue weighted by molar-refractivity contribution is -0.119. The van der Waals surface area contributed by atoms with Crippen LogP contribution < -0.4 is 15.5 Å². The van der Waals surface area contributed by atoms with Gasteiger partial charge >= 0.3 is 6.09 Å². The number of benzene rings is 2. The standard InChI is InChI=1S/C27H28FN7O3S/c1-17(36)30-12-21-14-35(27(37)38-21)20-7-8-22(23(28)11-20)19-5-3-18(4-6-19)13-34-16-33-24-25(29-9-10-39-2)31-15-32-26(24)34/h3-8,11,15-16,21H,9-10,12-14H2,1-2H3,(H,30,36)(H,29,31,32)/t21-/m0/s1. The lowest BCUT2D eigenvalue weighted by Crippen LogP contribution is -2.33. The van der Waals surface area contributed by atoms with Crippen molar-refractivity contribution < 1.29 is 18.7 Å². The first-order chi connectivity index (χ1) is 18.9. The summed E-state index contributed by atoms with van der Waals surface area (Å²) in [6.07, 6.45) is 4.28. The minimum atomic E-state index is -0.568. The number of cyclic esters (lactones) is 1. The van der Waals surface area contributed by atoms with Gasteiger partial charge in [0.1, 0.15) is 23.8 Å². The smallest absolute Gasteiger partial charge is 0.414 e. The van der Waals surface area contributed by atoms with E-state index in [4.69, 9.17) is 4.74 Å². The maximum atomic E-state index is 15.1. The molecule has 3 heterocycles. The van der Waals surface area contributed by atoms with Crippen molar-refractivity contribution >= 4 is 46.4 Å². The number of carbonyl (C=O) groups is 2. The molecule has 1 aliphatic rings. The quantitative estimate of drug-likeness (QED) is 0.286. The van der Waals surface area contributed by atoms with Gasteiger partial charge in [0.05, 0.1) is 31.6 Å². The number of hydrogen-bond donors (Lipinski definition) is 2. The maximum Gasteiger partial charge on any atom is 0.414 e. The van der Waals surface area contributed by atoms with Crippen LogP contribution in [0.5, 0.6) is 0 Å². The number of nitrogens with zero attached hydrogens (tertiary/aromatic N) is 5. The van der Waals surface area contributed by atoms with E-state index >= 15 is 4.39 Å². The van der Waals surface area contributed by atoms with E-state index in [2.05, 4.69) is 31.8 Å². The fourth-order valence-corrected chi connectivity index (χ4v) is 4.69. The number of rotatable bonds is 10. The van der Waals surface area contributed by atoms with Gasteiger partial charge in [-0.05, 0) is 35.6 Å². The predicted molar refractivity (Wildman–Crippen MR) is 149 cm³/mol. The van der Waals surface area contributed by atoms with Crippen molar-refractivity contribution in [1.29, 1.82) is 0 Å². The molecule has 0 saturated carbocycles. The summed E-state index contributed by atoms with van der Waals surface area (Å²) in [6.45, 7) is 3.18. The number of imidazole rings is 1. The SMILES string of the molecule is CSCCNc1ncnc2c1ncn2Cc1ccc(-c2ccc(N3C[C@H](CNC(C)=O)OC3=O)cc2F)cc1. The Balaban J connectivity index is 1.27. The maximum absolute atomic E-state index is 15.1. The van der Waals surface area contributed by atoms with Crippen molar-refractivity contribution in [3.05, 3.63) is 66.5 Å². The van der Waals surface area contributed by atoms with Gasteiger partial charge in [0, 0.05) is 24.8 Å². The molecule has 4 aromatic rings. The Morgan fingerprint density at radius 1 is 1.18 bits per heavy atom. The number of amides is 2. The van der Waals surface area contributed by atoms with Crippen LogP contribution in [0.1, 0.15) is 12.5 Å². The van der Waals surface area contributed by atoms with Crippen molar-refractivity contribution in [3.8, 4) is 11.1 Å². The third-order valence-corrected chi connectivity index (χ3v) is 6.95. The average Bonchev–Trinajstić information content (AvgIpc) is 3.51. The lowest BCUT2D eigenvalue weighted by atomic mass is 10.0. The molecule has 0 aliphatic carbocycles. The van der Waals surface area contributed by atoms with Crippen LogP contribution in [0.2, 0.25) is 0 Å². The third-order valence-electron chi connectivity index (χ3n) is 6.33. The van der Waals surface area contributed by atoms with Crippen LogP contribution in [-0.4, -0.2) is 69.3 Å².